The van der Waals surface area contributed by atoms with Gasteiger partial charge in [-0.25, -0.2) is 18.1 Å². The van der Waals surface area contributed by atoms with Crippen molar-refractivity contribution in [2.24, 2.45) is 0 Å². The summed E-state index contributed by atoms with van der Waals surface area (Å²) in [6.45, 7) is 3.04. The van der Waals surface area contributed by atoms with Gasteiger partial charge in [0, 0.05) is 30.3 Å². The van der Waals surface area contributed by atoms with E-state index in [-0.39, 0.29) is 16.5 Å². The van der Waals surface area contributed by atoms with Crippen LogP contribution >= 0.6 is 27.5 Å². The second-order valence-electron chi connectivity index (χ2n) is 5.52. The van der Waals surface area contributed by atoms with Crippen molar-refractivity contribution in [3.05, 3.63) is 51.6 Å². The zero-order chi connectivity index (χ0) is 17.9. The molecule has 2 heterocycles. The first-order valence-corrected chi connectivity index (χ1v) is 10.3. The molecule has 3 rings (SSSR count). The highest BCUT2D eigenvalue weighted by Crippen LogP contribution is 2.25. The van der Waals surface area contributed by atoms with Crippen molar-refractivity contribution in [1.82, 2.24) is 9.71 Å². The zero-order valence-corrected chi connectivity index (χ0v) is 16.4. The first-order valence-electron chi connectivity index (χ1n) is 7.68. The fraction of sp³-hybridized carbons (Fsp3) is 0.312. The molecule has 1 aromatic carbocycles. The number of halogens is 2. The molecule has 0 saturated carbocycles. The maximum absolute atomic E-state index is 12.5. The predicted octanol–water partition coefficient (Wildman–Crippen LogP) is 2.81. The third-order valence-corrected chi connectivity index (χ3v) is 6.17. The highest BCUT2D eigenvalue weighted by Gasteiger charge is 2.18. The number of aromatic nitrogens is 1. The summed E-state index contributed by atoms with van der Waals surface area (Å²) < 4.78 is 33.6. The molecule has 0 aliphatic carbocycles. The summed E-state index contributed by atoms with van der Waals surface area (Å²) in [4.78, 5) is 6.53. The summed E-state index contributed by atoms with van der Waals surface area (Å²) in [7, 11) is -3.70. The van der Waals surface area contributed by atoms with Crippen LogP contribution < -0.4 is 9.62 Å². The minimum absolute atomic E-state index is 0.0554. The minimum Gasteiger partial charge on any atom is -0.378 e. The van der Waals surface area contributed by atoms with E-state index in [0.29, 0.717) is 13.2 Å². The van der Waals surface area contributed by atoms with Gasteiger partial charge in [-0.2, -0.15) is 0 Å². The summed E-state index contributed by atoms with van der Waals surface area (Å²) in [6.07, 6.45) is 1.68. The molecule has 6 nitrogen and oxygen atoms in total. The van der Waals surface area contributed by atoms with Crippen molar-refractivity contribution in [1.29, 1.82) is 0 Å². The Morgan fingerprint density at radius 1 is 1.24 bits per heavy atom. The highest BCUT2D eigenvalue weighted by atomic mass is 79.9. The SMILES string of the molecule is O=S(=O)(NCc1ccnc(N2CCOCC2)c1)c1ccc(Br)cc1Cl. The lowest BCUT2D eigenvalue weighted by Crippen LogP contribution is -2.36. The lowest BCUT2D eigenvalue weighted by molar-refractivity contribution is 0.122. The number of benzene rings is 1. The van der Waals surface area contributed by atoms with E-state index in [0.717, 1.165) is 28.9 Å². The summed E-state index contributed by atoms with van der Waals surface area (Å²) in [5, 5.41) is 0.172. The predicted molar refractivity (Wildman–Crippen MR) is 100 cm³/mol. The van der Waals surface area contributed by atoms with Crippen molar-refractivity contribution < 1.29 is 13.2 Å². The zero-order valence-electron chi connectivity index (χ0n) is 13.3. The van der Waals surface area contributed by atoms with Gasteiger partial charge in [0.05, 0.1) is 18.2 Å². The van der Waals surface area contributed by atoms with Crippen LogP contribution in [0.3, 0.4) is 0 Å². The standard InChI is InChI=1S/C16H17BrClN3O3S/c17-13-1-2-15(14(18)10-13)25(22,23)20-11-12-3-4-19-16(9-12)21-5-7-24-8-6-21/h1-4,9-10,20H,5-8,11H2. The van der Waals surface area contributed by atoms with Crippen LogP contribution in [0.2, 0.25) is 5.02 Å². The second-order valence-corrected chi connectivity index (χ2v) is 8.58. The molecule has 0 unspecified atom stereocenters. The van der Waals surface area contributed by atoms with Gasteiger partial charge in [0.2, 0.25) is 10.0 Å². The Morgan fingerprint density at radius 2 is 2.00 bits per heavy atom. The molecule has 1 aliphatic heterocycles. The number of hydrogen-bond donors (Lipinski definition) is 1. The molecule has 1 fully saturated rings. The van der Waals surface area contributed by atoms with Gasteiger partial charge >= 0.3 is 0 Å². The molecule has 1 aliphatic rings. The molecule has 1 aromatic heterocycles. The van der Waals surface area contributed by atoms with Gasteiger partial charge in [0.15, 0.2) is 0 Å². The normalized spacial score (nSPS) is 15.4. The van der Waals surface area contributed by atoms with Crippen LogP contribution in [-0.4, -0.2) is 39.7 Å². The van der Waals surface area contributed by atoms with Crippen molar-refractivity contribution in [3.8, 4) is 0 Å². The Labute approximate surface area is 160 Å². The average molecular weight is 447 g/mol. The Morgan fingerprint density at radius 3 is 2.72 bits per heavy atom. The summed E-state index contributed by atoms with van der Waals surface area (Å²) in [5.74, 6) is 0.821. The highest BCUT2D eigenvalue weighted by molar-refractivity contribution is 9.10. The van der Waals surface area contributed by atoms with Gasteiger partial charge in [-0.3, -0.25) is 0 Å². The van der Waals surface area contributed by atoms with Crippen LogP contribution in [0.5, 0.6) is 0 Å². The number of ether oxygens (including phenoxy) is 1. The first kappa shape index (κ1) is 18.6. The fourth-order valence-electron chi connectivity index (χ4n) is 2.49. The number of rotatable bonds is 5. The van der Waals surface area contributed by atoms with Gasteiger partial charge in [-0.15, -0.1) is 0 Å². The van der Waals surface area contributed by atoms with Crippen molar-refractivity contribution in [3.63, 3.8) is 0 Å². The molecule has 134 valence electrons. The van der Waals surface area contributed by atoms with Crippen LogP contribution in [-0.2, 0) is 21.3 Å². The maximum atomic E-state index is 12.5. The molecule has 1 saturated heterocycles. The fourth-order valence-corrected chi connectivity index (χ4v) is 4.54. The van der Waals surface area contributed by atoms with E-state index in [9.17, 15) is 8.42 Å². The van der Waals surface area contributed by atoms with Gasteiger partial charge < -0.3 is 9.64 Å². The van der Waals surface area contributed by atoms with Crippen LogP contribution in [0.15, 0.2) is 45.9 Å². The number of hydrogen-bond acceptors (Lipinski definition) is 5. The molecule has 2 aromatic rings. The number of pyridine rings is 1. The monoisotopic (exact) mass is 445 g/mol. The Bertz CT molecular complexity index is 857. The third kappa shape index (κ3) is 4.71. The van der Waals surface area contributed by atoms with Gasteiger partial charge in [-0.05, 0) is 35.9 Å². The van der Waals surface area contributed by atoms with Gasteiger partial charge in [-0.1, -0.05) is 27.5 Å². The largest absolute Gasteiger partial charge is 0.378 e. The second kappa shape index (κ2) is 8.01. The first-order chi connectivity index (χ1) is 12.0. The number of nitrogens with one attached hydrogen (secondary N) is 1. The Balaban J connectivity index is 1.72. The molecule has 0 radical (unpaired) electrons. The lowest BCUT2D eigenvalue weighted by atomic mass is 10.2. The summed E-state index contributed by atoms with van der Waals surface area (Å²) >= 11 is 9.31. The Hall–Kier alpha value is -1.19. The van der Waals surface area contributed by atoms with E-state index in [1.807, 2.05) is 6.07 Å². The topological polar surface area (TPSA) is 71.5 Å². The van der Waals surface area contributed by atoms with E-state index in [1.54, 1.807) is 24.4 Å². The molecular weight excluding hydrogens is 430 g/mol. The maximum Gasteiger partial charge on any atom is 0.242 e. The molecular formula is C16H17BrClN3O3S. The molecule has 0 bridgehead atoms. The Kier molecular flexibility index (Phi) is 5.96. The average Bonchev–Trinajstić information content (AvgIpc) is 2.61. The molecule has 0 spiro atoms. The van der Waals surface area contributed by atoms with E-state index in [4.69, 9.17) is 16.3 Å². The summed E-state index contributed by atoms with van der Waals surface area (Å²) in [5.41, 5.74) is 0.827. The van der Waals surface area contributed by atoms with Crippen LogP contribution in [0.1, 0.15) is 5.56 Å². The molecule has 0 amide bonds. The van der Waals surface area contributed by atoms with Crippen LogP contribution in [0, 0.1) is 0 Å². The van der Waals surface area contributed by atoms with Crippen molar-refractivity contribution >= 4 is 43.4 Å². The quantitative estimate of drug-likeness (QED) is 0.765. The van der Waals surface area contributed by atoms with Crippen LogP contribution in [0.4, 0.5) is 5.82 Å². The van der Waals surface area contributed by atoms with Crippen LogP contribution in [0.25, 0.3) is 0 Å². The summed E-state index contributed by atoms with van der Waals surface area (Å²) in [6, 6.07) is 8.34. The van der Waals surface area contributed by atoms with Gasteiger partial charge in [0.25, 0.3) is 0 Å². The van der Waals surface area contributed by atoms with E-state index in [1.165, 1.54) is 6.07 Å². The van der Waals surface area contributed by atoms with E-state index >= 15 is 0 Å². The number of morpholine rings is 1. The van der Waals surface area contributed by atoms with E-state index in [2.05, 4.69) is 30.5 Å². The minimum atomic E-state index is -3.70. The molecule has 1 N–H and O–H groups in total. The molecule has 0 atom stereocenters. The smallest absolute Gasteiger partial charge is 0.242 e. The number of anilines is 1. The van der Waals surface area contributed by atoms with Crippen molar-refractivity contribution in [2.75, 3.05) is 31.2 Å². The van der Waals surface area contributed by atoms with E-state index < -0.39 is 10.0 Å². The number of nitrogens with zero attached hydrogens (tertiary/aromatic N) is 2. The number of sulfonamides is 1. The third-order valence-electron chi connectivity index (χ3n) is 3.79. The van der Waals surface area contributed by atoms with Crippen molar-refractivity contribution in [2.45, 2.75) is 11.4 Å². The lowest BCUT2D eigenvalue weighted by Gasteiger charge is -2.28. The molecule has 9 heteroatoms. The molecule has 25 heavy (non-hydrogen) atoms. The van der Waals surface area contributed by atoms with Gasteiger partial charge in [0.1, 0.15) is 10.7 Å².